The summed E-state index contributed by atoms with van der Waals surface area (Å²) in [7, 11) is 1.59. The molecule has 0 aromatic carbocycles. The van der Waals surface area contributed by atoms with Gasteiger partial charge in [0.15, 0.2) is 0 Å². The molecular formula is C29H49FN8O7. The third kappa shape index (κ3) is 12.7. The molecule has 254 valence electrons. The van der Waals surface area contributed by atoms with Crippen LogP contribution >= 0.6 is 0 Å². The Labute approximate surface area is 263 Å². The predicted octanol–water partition coefficient (Wildman–Crippen LogP) is -1.07. The number of nitrogens with two attached hydrogens (primary N) is 1. The molecule has 6 N–H and O–H groups in total. The van der Waals surface area contributed by atoms with E-state index in [1.165, 1.54) is 12.2 Å². The summed E-state index contributed by atoms with van der Waals surface area (Å²) in [4.78, 5) is 63.7. The minimum absolute atomic E-state index is 0.139. The van der Waals surface area contributed by atoms with Gasteiger partial charge in [0.1, 0.15) is 12.0 Å². The van der Waals surface area contributed by atoms with Gasteiger partial charge in [-0.15, -0.1) is 0 Å². The zero-order chi connectivity index (χ0) is 33.2. The van der Waals surface area contributed by atoms with Crippen molar-refractivity contribution in [2.24, 2.45) is 22.6 Å². The fourth-order valence-electron chi connectivity index (χ4n) is 5.30. The molecule has 15 nitrogen and oxygen atoms in total. The second-order valence-electron chi connectivity index (χ2n) is 11.0. The number of nitrogens with one attached hydrogen (secondary N) is 4. The number of carbonyl (C=O) groups excluding carboxylic acids is 5. The van der Waals surface area contributed by atoms with Gasteiger partial charge in [0.05, 0.1) is 18.7 Å². The molecule has 45 heavy (non-hydrogen) atoms. The molecule has 2 saturated heterocycles. The SMILES string of the molecule is CCN=C(N)C(C1CCOCC1)N(CC1CNCC1F)C(=O)N[C@@H](C)COC.O=CNCCC(=O)NCCN1C(=O)C=CC1=O. The molecule has 2 fully saturated rings. The number of hydrogen-bond acceptors (Lipinski definition) is 9. The maximum atomic E-state index is 14.3. The molecule has 4 atom stereocenters. The smallest absolute Gasteiger partial charge is 0.318 e. The van der Waals surface area contributed by atoms with E-state index in [4.69, 9.17) is 15.2 Å². The van der Waals surface area contributed by atoms with E-state index in [2.05, 4.69) is 26.3 Å². The van der Waals surface area contributed by atoms with E-state index >= 15 is 0 Å². The highest BCUT2D eigenvalue weighted by Crippen LogP contribution is 2.26. The Morgan fingerprint density at radius 1 is 1.24 bits per heavy atom. The highest BCUT2D eigenvalue weighted by molar-refractivity contribution is 6.12. The van der Waals surface area contributed by atoms with Crippen LogP contribution in [0.25, 0.3) is 0 Å². The van der Waals surface area contributed by atoms with Crippen molar-refractivity contribution < 1.29 is 37.8 Å². The van der Waals surface area contributed by atoms with Crippen molar-refractivity contribution in [1.29, 1.82) is 0 Å². The van der Waals surface area contributed by atoms with Crippen molar-refractivity contribution in [3.63, 3.8) is 0 Å². The van der Waals surface area contributed by atoms with Gasteiger partial charge >= 0.3 is 6.03 Å². The third-order valence-corrected chi connectivity index (χ3v) is 7.57. The Hall–Kier alpha value is -3.63. The highest BCUT2D eigenvalue weighted by atomic mass is 19.1. The Morgan fingerprint density at radius 3 is 2.51 bits per heavy atom. The Kier molecular flexibility index (Phi) is 17.0. The van der Waals surface area contributed by atoms with Gasteiger partial charge in [-0.05, 0) is 32.6 Å². The molecule has 6 amide bonds. The minimum atomic E-state index is -0.980. The third-order valence-electron chi connectivity index (χ3n) is 7.57. The Balaban J connectivity index is 0.000000355. The van der Waals surface area contributed by atoms with Gasteiger partial charge in [0.2, 0.25) is 12.3 Å². The van der Waals surface area contributed by atoms with Crippen molar-refractivity contribution in [3.05, 3.63) is 12.2 Å². The molecule has 0 saturated carbocycles. The Bertz CT molecular complexity index is 1020. The predicted molar refractivity (Wildman–Crippen MR) is 165 cm³/mol. The number of carbonyl (C=O) groups is 5. The van der Waals surface area contributed by atoms with Crippen LogP contribution in [0.4, 0.5) is 9.18 Å². The van der Waals surface area contributed by atoms with Crippen molar-refractivity contribution in [2.45, 2.75) is 51.4 Å². The quantitative estimate of drug-likeness (QED) is 0.0459. The van der Waals surface area contributed by atoms with Gasteiger partial charge in [0.25, 0.3) is 11.8 Å². The average molecular weight is 641 g/mol. The molecule has 0 aliphatic carbocycles. The van der Waals surface area contributed by atoms with Crippen LogP contribution < -0.4 is 27.0 Å². The number of amides is 6. The summed E-state index contributed by atoms with van der Waals surface area (Å²) in [5.74, 6) is -0.671. The summed E-state index contributed by atoms with van der Waals surface area (Å²) in [6.07, 6.45) is 3.68. The van der Waals surface area contributed by atoms with E-state index in [0.29, 0.717) is 58.2 Å². The number of aliphatic imine (C=N–C) groups is 1. The summed E-state index contributed by atoms with van der Waals surface area (Å²) in [5, 5.41) is 10.9. The van der Waals surface area contributed by atoms with Crippen molar-refractivity contribution in [1.82, 2.24) is 31.1 Å². The minimum Gasteiger partial charge on any atom is -0.386 e. The lowest BCUT2D eigenvalue weighted by Gasteiger charge is -2.40. The second kappa shape index (κ2) is 20.4. The molecular weight excluding hydrogens is 591 g/mol. The van der Waals surface area contributed by atoms with E-state index in [1.807, 2.05) is 13.8 Å². The molecule has 0 aromatic rings. The molecule has 3 unspecified atom stereocenters. The number of imide groups is 1. The van der Waals surface area contributed by atoms with Crippen LogP contribution in [0.2, 0.25) is 0 Å². The molecule has 16 heteroatoms. The van der Waals surface area contributed by atoms with Gasteiger partial charge in [-0.1, -0.05) is 0 Å². The largest absolute Gasteiger partial charge is 0.386 e. The lowest BCUT2D eigenvalue weighted by Crippen LogP contribution is -2.58. The van der Waals surface area contributed by atoms with Crippen LogP contribution in [-0.2, 0) is 28.7 Å². The lowest BCUT2D eigenvalue weighted by atomic mass is 9.89. The van der Waals surface area contributed by atoms with E-state index in [9.17, 15) is 28.4 Å². The molecule has 0 aromatic heterocycles. The fraction of sp³-hybridized carbons (Fsp3) is 0.724. The van der Waals surface area contributed by atoms with Crippen LogP contribution in [0.3, 0.4) is 0 Å². The zero-order valence-corrected chi connectivity index (χ0v) is 26.5. The van der Waals surface area contributed by atoms with Crippen LogP contribution in [0, 0.1) is 11.8 Å². The molecule has 3 aliphatic heterocycles. The van der Waals surface area contributed by atoms with Crippen molar-refractivity contribution in [3.8, 4) is 0 Å². The molecule has 0 radical (unpaired) electrons. The van der Waals surface area contributed by atoms with Crippen LogP contribution in [0.1, 0.15) is 33.1 Å². The number of hydrogen-bond donors (Lipinski definition) is 5. The first-order chi connectivity index (χ1) is 21.6. The molecule has 3 aliphatic rings. The number of methoxy groups -OCH3 is 1. The number of halogens is 1. The van der Waals surface area contributed by atoms with E-state index in [-0.39, 0.29) is 73.7 Å². The lowest BCUT2D eigenvalue weighted by molar-refractivity contribution is -0.137. The van der Waals surface area contributed by atoms with Gasteiger partial charge in [-0.25, -0.2) is 9.18 Å². The first-order valence-corrected chi connectivity index (χ1v) is 15.4. The van der Waals surface area contributed by atoms with Gasteiger partial charge in [0, 0.05) is 90.6 Å². The first kappa shape index (κ1) is 37.6. The summed E-state index contributed by atoms with van der Waals surface area (Å²) < 4.78 is 24.9. The second-order valence-corrected chi connectivity index (χ2v) is 11.0. The zero-order valence-electron chi connectivity index (χ0n) is 26.5. The summed E-state index contributed by atoms with van der Waals surface area (Å²) >= 11 is 0. The number of ether oxygens (including phenoxy) is 2. The average Bonchev–Trinajstić information content (AvgIpc) is 3.57. The number of alkyl halides is 1. The van der Waals surface area contributed by atoms with E-state index < -0.39 is 6.17 Å². The van der Waals surface area contributed by atoms with E-state index in [0.717, 1.165) is 17.7 Å². The van der Waals surface area contributed by atoms with Gasteiger partial charge < -0.3 is 41.4 Å². The van der Waals surface area contributed by atoms with Gasteiger partial charge in [-0.2, -0.15) is 0 Å². The van der Waals surface area contributed by atoms with Gasteiger partial charge in [-0.3, -0.25) is 29.1 Å². The highest BCUT2D eigenvalue weighted by Gasteiger charge is 2.39. The summed E-state index contributed by atoms with van der Waals surface area (Å²) in [6.45, 7) is 7.77. The standard InChI is InChI=1S/C19H36FN5O3.C10H13N3O4/c1-4-23-18(21)17(14-5-7-28-8-6-14)25(11-15-9-22-10-16(15)20)19(26)24-13(2)12-27-3;14-7-11-4-3-8(15)12-5-6-13-9(16)1-2-10(13)17/h13-17,22H,4-12H2,1-3H3,(H2,21,23)(H,24,26);1-2,7H,3-6H2,(H,11,14)(H,12,15)/t13-,15?,16?,17?;/m0./s1. The Morgan fingerprint density at radius 2 is 1.93 bits per heavy atom. The number of rotatable bonds is 16. The van der Waals surface area contributed by atoms with Crippen LogP contribution in [0.15, 0.2) is 17.1 Å². The molecule has 0 bridgehead atoms. The topological polar surface area (TPSA) is 197 Å². The van der Waals surface area contributed by atoms with Crippen LogP contribution in [0.5, 0.6) is 0 Å². The maximum absolute atomic E-state index is 14.3. The maximum Gasteiger partial charge on any atom is 0.318 e. The van der Waals surface area contributed by atoms with Crippen molar-refractivity contribution in [2.75, 3.05) is 72.7 Å². The first-order valence-electron chi connectivity index (χ1n) is 15.4. The van der Waals surface area contributed by atoms with E-state index in [1.54, 1.807) is 12.0 Å². The molecule has 0 spiro atoms. The van der Waals surface area contributed by atoms with Crippen molar-refractivity contribution >= 4 is 36.0 Å². The number of nitrogens with zero attached hydrogens (tertiary/aromatic N) is 3. The van der Waals surface area contributed by atoms with Crippen LogP contribution in [-0.4, -0.2) is 137 Å². The summed E-state index contributed by atoms with van der Waals surface area (Å²) in [6, 6.07) is -0.789. The number of urea groups is 1. The monoisotopic (exact) mass is 640 g/mol. The fourth-order valence-corrected chi connectivity index (χ4v) is 5.30. The molecule has 3 rings (SSSR count). The normalized spacial score (nSPS) is 21.5. The molecule has 3 heterocycles. The summed E-state index contributed by atoms with van der Waals surface area (Å²) in [5.41, 5.74) is 6.35. The number of amidine groups is 1.